The van der Waals surface area contributed by atoms with E-state index in [1.807, 2.05) is 30.3 Å². The molecule has 1 aliphatic carbocycles. The molecule has 1 aliphatic rings. The van der Waals surface area contributed by atoms with Gasteiger partial charge < -0.3 is 25.3 Å². The van der Waals surface area contributed by atoms with Gasteiger partial charge in [0, 0.05) is 0 Å². The van der Waals surface area contributed by atoms with Crippen LogP contribution >= 0.6 is 0 Å². The van der Waals surface area contributed by atoms with Gasteiger partial charge in [0.2, 0.25) is 0 Å². The summed E-state index contributed by atoms with van der Waals surface area (Å²) < 4.78 is 0. The number of hydrogen-bond acceptors (Lipinski definition) is 2. The smallest absolute Gasteiger partial charge is 0.789 e. The van der Waals surface area contributed by atoms with E-state index in [0.717, 1.165) is 10.5 Å². The Balaban J connectivity index is 0.000000318. The maximum atomic E-state index is 4.96. The van der Waals surface area contributed by atoms with E-state index < -0.39 is 0 Å². The molecule has 0 saturated heterocycles. The van der Waals surface area contributed by atoms with Crippen molar-refractivity contribution in [3.8, 4) is 0 Å². The molecule has 0 radical (unpaired) electrons. The van der Waals surface area contributed by atoms with Gasteiger partial charge in [0.1, 0.15) is 0 Å². The standard InChI is InChI=1S/C8H8S2.C5H10.Co/c9-6-8(10)7-4-2-1-3-5-7;1-2-4-5-3-1;/h1-6,9-10H;1-5H2;/q;;+3/p-2/b8-6-;;. The van der Waals surface area contributed by atoms with Crippen molar-refractivity contribution in [1.29, 1.82) is 0 Å². The van der Waals surface area contributed by atoms with Crippen molar-refractivity contribution < 1.29 is 16.8 Å². The van der Waals surface area contributed by atoms with Crippen LogP contribution in [0.15, 0.2) is 35.7 Å². The van der Waals surface area contributed by atoms with Crippen LogP contribution in [0.4, 0.5) is 0 Å². The minimum Gasteiger partial charge on any atom is -0.789 e. The third-order valence-electron chi connectivity index (χ3n) is 2.42. The largest absolute Gasteiger partial charge is 3.00 e. The van der Waals surface area contributed by atoms with Gasteiger partial charge in [-0.25, -0.2) is 5.41 Å². The molecule has 1 fully saturated rings. The molecule has 0 bridgehead atoms. The SMILES string of the molecule is C1CCCC1.[Co+3].[S-]/C=C(\[S-])c1ccccc1. The first-order valence-electron chi connectivity index (χ1n) is 5.39. The Morgan fingerprint density at radius 2 is 1.38 bits per heavy atom. The predicted octanol–water partition coefficient (Wildman–Crippen LogP) is 4.03. The van der Waals surface area contributed by atoms with Crippen LogP contribution < -0.4 is 0 Å². The van der Waals surface area contributed by atoms with Gasteiger partial charge in [-0.3, -0.25) is 0 Å². The van der Waals surface area contributed by atoms with Crippen molar-refractivity contribution in [2.45, 2.75) is 32.1 Å². The summed E-state index contributed by atoms with van der Waals surface area (Å²) in [4.78, 5) is 0.732. The molecular weight excluding hydrogens is 279 g/mol. The van der Waals surface area contributed by atoms with Crippen molar-refractivity contribution in [3.63, 3.8) is 0 Å². The number of hydrogen-bond donors (Lipinski definition) is 0. The molecule has 3 heteroatoms. The van der Waals surface area contributed by atoms with Crippen molar-refractivity contribution in [2.75, 3.05) is 0 Å². The monoisotopic (exact) mass is 295 g/mol. The minimum absolute atomic E-state index is 0. The van der Waals surface area contributed by atoms with Crippen LogP contribution in [0.5, 0.6) is 0 Å². The van der Waals surface area contributed by atoms with E-state index in [1.54, 1.807) is 0 Å². The van der Waals surface area contributed by atoms with E-state index in [2.05, 4.69) is 0 Å². The molecule has 0 spiro atoms. The van der Waals surface area contributed by atoms with E-state index in [0.29, 0.717) is 0 Å². The van der Waals surface area contributed by atoms with Crippen LogP contribution in [0, 0.1) is 0 Å². The van der Waals surface area contributed by atoms with Gasteiger partial charge >= 0.3 is 16.8 Å². The minimum atomic E-state index is 0. The third-order valence-corrected chi connectivity index (χ3v) is 3.15. The van der Waals surface area contributed by atoms with Crippen LogP contribution in [-0.4, -0.2) is 0 Å². The van der Waals surface area contributed by atoms with Crippen LogP contribution in [0.2, 0.25) is 0 Å². The molecule has 2 rings (SSSR count). The van der Waals surface area contributed by atoms with Crippen molar-refractivity contribution in [1.82, 2.24) is 0 Å². The molecule has 0 aliphatic heterocycles. The number of benzene rings is 1. The average Bonchev–Trinajstić information content (AvgIpc) is 2.88. The Bertz CT molecular complexity index is 284. The Kier molecular flexibility index (Phi) is 10.0. The quantitative estimate of drug-likeness (QED) is 0.718. The molecule has 1 saturated carbocycles. The van der Waals surface area contributed by atoms with Crippen LogP contribution in [0.1, 0.15) is 37.7 Å². The van der Waals surface area contributed by atoms with Gasteiger partial charge in [-0.05, 0) is 5.56 Å². The zero-order chi connectivity index (χ0) is 10.9. The summed E-state index contributed by atoms with van der Waals surface area (Å²) in [5.41, 5.74) is 1.02. The molecule has 0 atom stereocenters. The Morgan fingerprint density at radius 3 is 1.75 bits per heavy atom. The fraction of sp³-hybridized carbons (Fsp3) is 0.385. The van der Waals surface area contributed by atoms with E-state index >= 15 is 0 Å². The van der Waals surface area contributed by atoms with Crippen molar-refractivity contribution in [2.24, 2.45) is 0 Å². The van der Waals surface area contributed by atoms with Crippen LogP contribution in [-0.2, 0) is 42.0 Å². The molecule has 16 heavy (non-hydrogen) atoms. The Morgan fingerprint density at radius 1 is 0.938 bits per heavy atom. The number of rotatable bonds is 1. The maximum Gasteiger partial charge on any atom is 3.00 e. The summed E-state index contributed by atoms with van der Waals surface area (Å²) >= 11 is 9.65. The van der Waals surface area contributed by atoms with Crippen LogP contribution in [0.25, 0.3) is 4.91 Å². The van der Waals surface area contributed by atoms with Gasteiger partial charge in [0.25, 0.3) is 0 Å². The van der Waals surface area contributed by atoms with E-state index in [-0.39, 0.29) is 16.8 Å². The maximum absolute atomic E-state index is 4.96. The van der Waals surface area contributed by atoms with E-state index in [1.165, 1.54) is 37.5 Å². The summed E-state index contributed by atoms with van der Waals surface area (Å²) in [5, 5.41) is 1.52. The Labute approximate surface area is 120 Å². The van der Waals surface area contributed by atoms with Gasteiger partial charge in [0.15, 0.2) is 0 Å². The second-order valence-corrected chi connectivity index (χ2v) is 4.29. The van der Waals surface area contributed by atoms with Gasteiger partial charge in [0.05, 0.1) is 0 Å². The molecule has 1 aromatic carbocycles. The summed E-state index contributed by atoms with van der Waals surface area (Å²) in [5.74, 6) is 0. The molecule has 0 amide bonds. The first-order chi connectivity index (χ1) is 7.34. The molecular formula is C13H16CoS2+. The molecule has 0 aromatic heterocycles. The zero-order valence-corrected chi connectivity index (χ0v) is 11.8. The van der Waals surface area contributed by atoms with Crippen molar-refractivity contribution >= 4 is 30.2 Å². The molecule has 0 N–H and O–H groups in total. The summed E-state index contributed by atoms with van der Waals surface area (Å²) in [6.45, 7) is 0. The van der Waals surface area contributed by atoms with Gasteiger partial charge in [-0.15, -0.1) is 0 Å². The molecule has 0 nitrogen and oxygen atoms in total. The second-order valence-electron chi connectivity index (χ2n) is 3.62. The normalized spacial score (nSPS) is 14.6. The van der Waals surface area contributed by atoms with Crippen LogP contribution in [0.3, 0.4) is 0 Å². The topological polar surface area (TPSA) is 0 Å². The fourth-order valence-electron chi connectivity index (χ4n) is 1.55. The van der Waals surface area contributed by atoms with E-state index in [4.69, 9.17) is 25.3 Å². The van der Waals surface area contributed by atoms with Gasteiger partial charge in [-0.2, -0.15) is 4.91 Å². The second kappa shape index (κ2) is 10.1. The summed E-state index contributed by atoms with van der Waals surface area (Å²) in [7, 11) is 0. The predicted molar refractivity (Wildman–Crippen MR) is 72.2 cm³/mol. The molecule has 1 aromatic rings. The molecule has 0 heterocycles. The molecule has 0 unspecified atom stereocenters. The Hall–Kier alpha value is -0.0935. The van der Waals surface area contributed by atoms with Gasteiger partial charge in [-0.1, -0.05) is 62.4 Å². The summed E-state index contributed by atoms with van der Waals surface area (Å²) in [6.07, 6.45) is 7.50. The zero-order valence-electron chi connectivity index (χ0n) is 9.15. The molecule has 88 valence electrons. The van der Waals surface area contributed by atoms with E-state index in [9.17, 15) is 0 Å². The summed E-state index contributed by atoms with van der Waals surface area (Å²) in [6, 6.07) is 9.74. The first-order valence-corrected chi connectivity index (χ1v) is 6.27. The third kappa shape index (κ3) is 6.48. The first kappa shape index (κ1) is 15.9. The average molecular weight is 295 g/mol. The van der Waals surface area contributed by atoms with Crippen molar-refractivity contribution in [3.05, 3.63) is 41.3 Å². The fourth-order valence-corrected chi connectivity index (χ4v) is 1.83.